The van der Waals surface area contributed by atoms with Gasteiger partial charge < -0.3 is 10.2 Å². The Morgan fingerprint density at radius 2 is 0.824 bits per heavy atom. The molecule has 0 heterocycles. The zero-order chi connectivity index (χ0) is 22.9. The minimum Gasteiger partial charge on any atom is -0.507 e. The maximum Gasteiger partial charge on any atom is 0.131 e. The van der Waals surface area contributed by atoms with E-state index < -0.39 is 0 Å². The number of phenolic OH excluding ortho intramolecular Hbond substituents is 2. The van der Waals surface area contributed by atoms with Gasteiger partial charge in [0.15, 0.2) is 0 Å². The van der Waals surface area contributed by atoms with Crippen LogP contribution in [0.5, 0.6) is 11.5 Å². The second-order valence-corrected chi connectivity index (χ2v) is 9.86. The molecule has 0 aliphatic carbocycles. The molecule has 0 saturated heterocycles. The lowest BCUT2D eigenvalue weighted by atomic mass is 9.83. The molecule has 0 spiro atoms. The summed E-state index contributed by atoms with van der Waals surface area (Å²) < 4.78 is 0. The number of fused-ring (bicyclic) bond motifs is 4. The van der Waals surface area contributed by atoms with Crippen LogP contribution in [0.15, 0.2) is 72.8 Å². The lowest BCUT2D eigenvalue weighted by Gasteiger charge is -2.21. The summed E-state index contributed by atoms with van der Waals surface area (Å²) in [6.45, 7) is 0. The first kappa shape index (κ1) is 18.7. The third-order valence-electron chi connectivity index (χ3n) is 7.45. The molecule has 0 amide bonds. The van der Waals surface area contributed by atoms with Crippen molar-refractivity contribution in [1.29, 1.82) is 0 Å². The van der Waals surface area contributed by atoms with Gasteiger partial charge in [-0.25, -0.2) is 0 Å². The molecule has 0 aromatic heterocycles. The maximum absolute atomic E-state index is 11.3. The Labute approximate surface area is 202 Å². The molecule has 0 unspecified atom stereocenters. The van der Waals surface area contributed by atoms with Gasteiger partial charge in [0.05, 0.1) is 0 Å². The summed E-state index contributed by atoms with van der Waals surface area (Å²) in [6.07, 6.45) is 0. The highest BCUT2D eigenvalue weighted by molar-refractivity contribution is 6.46. The van der Waals surface area contributed by atoms with Crippen LogP contribution in [-0.4, -0.2) is 10.2 Å². The number of halogens is 2. The first-order chi connectivity index (χ1) is 16.5. The van der Waals surface area contributed by atoms with Crippen molar-refractivity contribution in [3.63, 3.8) is 0 Å². The summed E-state index contributed by atoms with van der Waals surface area (Å²) in [5, 5.41) is 36.7. The van der Waals surface area contributed by atoms with Crippen molar-refractivity contribution < 1.29 is 10.2 Å². The van der Waals surface area contributed by atoms with E-state index in [4.69, 9.17) is 23.2 Å². The third kappa shape index (κ3) is 2.01. The molecule has 0 bridgehead atoms. The number of benzene rings is 8. The maximum atomic E-state index is 11.3. The smallest absolute Gasteiger partial charge is 0.131 e. The van der Waals surface area contributed by atoms with E-state index in [-0.39, 0.29) is 11.5 Å². The molecule has 4 heteroatoms. The van der Waals surface area contributed by atoms with Gasteiger partial charge in [-0.15, -0.1) is 0 Å². The molecule has 160 valence electrons. The molecule has 0 fully saturated rings. The molecule has 8 aromatic carbocycles. The summed E-state index contributed by atoms with van der Waals surface area (Å²) >= 11 is 13.4. The second kappa shape index (κ2) is 6.04. The molecular formula is C30H14Cl2O2. The van der Waals surface area contributed by atoms with Crippen molar-refractivity contribution in [2.75, 3.05) is 0 Å². The van der Waals surface area contributed by atoms with Crippen molar-refractivity contribution in [2.45, 2.75) is 0 Å². The summed E-state index contributed by atoms with van der Waals surface area (Å²) in [5.41, 5.74) is 0. The fourth-order valence-electron chi connectivity index (χ4n) is 6.10. The summed E-state index contributed by atoms with van der Waals surface area (Å²) in [7, 11) is 0. The average molecular weight is 477 g/mol. The molecule has 0 saturated carbocycles. The number of rotatable bonds is 0. The Morgan fingerprint density at radius 3 is 1.26 bits per heavy atom. The highest BCUT2D eigenvalue weighted by Gasteiger charge is 2.23. The normalized spacial score (nSPS) is 12.6. The Bertz CT molecular complexity index is 2010. The predicted octanol–water partition coefficient (Wildman–Crippen LogP) is 9.35. The van der Waals surface area contributed by atoms with Gasteiger partial charge in [-0.3, -0.25) is 0 Å². The lowest BCUT2D eigenvalue weighted by Crippen LogP contribution is -1.92. The monoisotopic (exact) mass is 476 g/mol. The van der Waals surface area contributed by atoms with E-state index in [1.165, 1.54) is 0 Å². The van der Waals surface area contributed by atoms with Gasteiger partial charge >= 0.3 is 0 Å². The van der Waals surface area contributed by atoms with E-state index in [1.54, 1.807) is 0 Å². The largest absolute Gasteiger partial charge is 0.507 e. The van der Waals surface area contributed by atoms with Crippen LogP contribution >= 0.6 is 23.2 Å². The predicted molar refractivity (Wildman–Crippen MR) is 145 cm³/mol. The van der Waals surface area contributed by atoms with E-state index in [0.717, 1.165) is 75.4 Å². The zero-order valence-corrected chi connectivity index (χ0v) is 19.1. The minimum atomic E-state index is 0.235. The van der Waals surface area contributed by atoms with E-state index >= 15 is 0 Å². The molecular weight excluding hydrogens is 463 g/mol. The van der Waals surface area contributed by atoms with Gasteiger partial charge in [0.25, 0.3) is 0 Å². The van der Waals surface area contributed by atoms with Crippen molar-refractivity contribution >= 4 is 98.6 Å². The van der Waals surface area contributed by atoms with Crippen LogP contribution in [0, 0.1) is 0 Å². The van der Waals surface area contributed by atoms with E-state index in [2.05, 4.69) is 24.3 Å². The lowest BCUT2D eigenvalue weighted by molar-refractivity contribution is 0.487. The van der Waals surface area contributed by atoms with Gasteiger partial charge in [0.2, 0.25) is 0 Å². The fourth-order valence-corrected chi connectivity index (χ4v) is 6.65. The molecule has 2 nitrogen and oxygen atoms in total. The molecule has 34 heavy (non-hydrogen) atoms. The van der Waals surface area contributed by atoms with Gasteiger partial charge in [0, 0.05) is 53.1 Å². The van der Waals surface area contributed by atoms with Crippen LogP contribution in [-0.2, 0) is 0 Å². The van der Waals surface area contributed by atoms with Gasteiger partial charge in [-0.05, 0) is 68.7 Å². The summed E-state index contributed by atoms with van der Waals surface area (Å²) in [4.78, 5) is 0. The van der Waals surface area contributed by atoms with E-state index in [1.807, 2.05) is 48.5 Å². The van der Waals surface area contributed by atoms with Gasteiger partial charge in [-0.2, -0.15) is 0 Å². The van der Waals surface area contributed by atoms with Crippen LogP contribution in [0.4, 0.5) is 0 Å². The topological polar surface area (TPSA) is 40.5 Å². The first-order valence-corrected chi connectivity index (χ1v) is 11.8. The molecule has 0 radical (unpaired) electrons. The molecule has 0 aliphatic heterocycles. The van der Waals surface area contributed by atoms with E-state index in [9.17, 15) is 10.2 Å². The second-order valence-electron chi connectivity index (χ2n) is 9.04. The SMILES string of the molecule is Oc1c2cccc(Cl)c2c2cc3ccc4c(O)c5cccc(Cl)c5c5cc6ccc1c2c6c3c45. The van der Waals surface area contributed by atoms with Crippen molar-refractivity contribution in [2.24, 2.45) is 0 Å². The van der Waals surface area contributed by atoms with Crippen LogP contribution in [0.2, 0.25) is 10.0 Å². The van der Waals surface area contributed by atoms with E-state index in [0.29, 0.717) is 10.0 Å². The first-order valence-electron chi connectivity index (χ1n) is 11.0. The van der Waals surface area contributed by atoms with Gasteiger partial charge in [0.1, 0.15) is 11.5 Å². The molecule has 8 aromatic rings. The zero-order valence-electron chi connectivity index (χ0n) is 17.6. The van der Waals surface area contributed by atoms with Crippen molar-refractivity contribution in [3.8, 4) is 11.5 Å². The Kier molecular flexibility index (Phi) is 3.32. The fraction of sp³-hybridized carbons (Fsp3) is 0. The Hall–Kier alpha value is -3.72. The quantitative estimate of drug-likeness (QED) is 0.169. The summed E-state index contributed by atoms with van der Waals surface area (Å²) in [6, 6.07) is 23.7. The minimum absolute atomic E-state index is 0.235. The van der Waals surface area contributed by atoms with Crippen LogP contribution in [0.1, 0.15) is 0 Å². The average Bonchev–Trinajstić information content (AvgIpc) is 2.85. The Morgan fingerprint density at radius 1 is 0.412 bits per heavy atom. The third-order valence-corrected chi connectivity index (χ3v) is 8.08. The number of hydrogen-bond acceptors (Lipinski definition) is 2. The highest BCUT2D eigenvalue weighted by Crippen LogP contribution is 2.52. The molecule has 0 aliphatic rings. The highest BCUT2D eigenvalue weighted by atomic mass is 35.5. The standard InChI is InChI=1S/C30H14Cl2O2/c31-21-5-1-3-15-25(21)19-11-13-8-10-18-28-20(26-16(30(18)34)4-2-6-22(26)32)12-14-7-9-17(29(15)33)27(19)23(14)24(13)28/h1-12,33-34H. The van der Waals surface area contributed by atoms with Crippen LogP contribution in [0.25, 0.3) is 75.4 Å². The number of phenols is 2. The Balaban J connectivity index is 1.79. The summed E-state index contributed by atoms with van der Waals surface area (Å²) in [5.74, 6) is 0.469. The number of aromatic hydroxyl groups is 2. The molecule has 0 atom stereocenters. The molecule has 8 rings (SSSR count). The van der Waals surface area contributed by atoms with Crippen molar-refractivity contribution in [1.82, 2.24) is 0 Å². The van der Waals surface area contributed by atoms with Crippen LogP contribution < -0.4 is 0 Å². The van der Waals surface area contributed by atoms with Crippen LogP contribution in [0.3, 0.4) is 0 Å². The number of hydrogen-bond donors (Lipinski definition) is 2. The molecule has 2 N–H and O–H groups in total. The van der Waals surface area contributed by atoms with Gasteiger partial charge in [-0.1, -0.05) is 59.6 Å². The van der Waals surface area contributed by atoms with Crippen molar-refractivity contribution in [3.05, 3.63) is 82.8 Å².